The maximum atomic E-state index is 13.5. The molecular formula is C18H24FNO5. The van der Waals surface area contributed by atoms with E-state index in [1.807, 2.05) is 0 Å². The Kier molecular flexibility index (Phi) is 6.36. The number of carboxylic acids is 1. The van der Waals surface area contributed by atoms with Crippen molar-refractivity contribution in [2.24, 2.45) is 5.41 Å². The molecule has 1 saturated heterocycles. The number of ether oxygens (including phenoxy) is 2. The number of anilines is 1. The van der Waals surface area contributed by atoms with Gasteiger partial charge >= 0.3 is 5.97 Å². The van der Waals surface area contributed by atoms with E-state index < -0.39 is 17.2 Å². The fourth-order valence-corrected chi connectivity index (χ4v) is 2.79. The van der Waals surface area contributed by atoms with E-state index in [9.17, 15) is 14.0 Å². The van der Waals surface area contributed by atoms with Crippen LogP contribution in [0.5, 0.6) is 5.75 Å². The SMILES string of the molecule is CC(C)(CC(=O)O)CC(=O)Nc1cc(F)ccc1OCC1CCCO1. The summed E-state index contributed by atoms with van der Waals surface area (Å²) >= 11 is 0. The number of carbonyl (C=O) groups is 2. The number of hydrogen-bond donors (Lipinski definition) is 2. The van der Waals surface area contributed by atoms with Gasteiger partial charge in [-0.05, 0) is 30.4 Å². The average Bonchev–Trinajstić information content (AvgIpc) is 2.97. The third-order valence-corrected chi connectivity index (χ3v) is 3.93. The molecule has 0 aromatic heterocycles. The number of hydrogen-bond acceptors (Lipinski definition) is 4. The fourth-order valence-electron chi connectivity index (χ4n) is 2.79. The van der Waals surface area contributed by atoms with Crippen LogP contribution in [0.25, 0.3) is 0 Å². The summed E-state index contributed by atoms with van der Waals surface area (Å²) in [6, 6.07) is 3.91. The Morgan fingerprint density at radius 1 is 1.40 bits per heavy atom. The van der Waals surface area contributed by atoms with Crippen molar-refractivity contribution in [2.45, 2.75) is 45.6 Å². The molecule has 1 aromatic carbocycles. The lowest BCUT2D eigenvalue weighted by Gasteiger charge is -2.22. The van der Waals surface area contributed by atoms with Crippen molar-refractivity contribution in [2.75, 3.05) is 18.5 Å². The first kappa shape index (κ1) is 19.2. The summed E-state index contributed by atoms with van der Waals surface area (Å²) < 4.78 is 24.7. The normalized spacial score (nSPS) is 17.3. The van der Waals surface area contributed by atoms with Gasteiger partial charge < -0.3 is 19.9 Å². The molecule has 1 fully saturated rings. The standard InChI is InChI=1S/C18H24FNO5/c1-18(2,10-17(22)23)9-16(21)20-14-8-12(19)5-6-15(14)25-11-13-4-3-7-24-13/h5-6,8,13H,3-4,7,9-11H2,1-2H3,(H,20,21)(H,22,23). The molecule has 1 unspecified atom stereocenters. The van der Waals surface area contributed by atoms with E-state index in [4.69, 9.17) is 14.6 Å². The van der Waals surface area contributed by atoms with Gasteiger partial charge in [0.15, 0.2) is 0 Å². The van der Waals surface area contributed by atoms with Gasteiger partial charge in [0, 0.05) is 19.1 Å². The van der Waals surface area contributed by atoms with Crippen LogP contribution in [-0.4, -0.2) is 36.3 Å². The summed E-state index contributed by atoms with van der Waals surface area (Å²) in [4.78, 5) is 23.1. The van der Waals surface area contributed by atoms with E-state index in [1.165, 1.54) is 18.2 Å². The van der Waals surface area contributed by atoms with Crippen molar-refractivity contribution in [3.05, 3.63) is 24.0 Å². The second kappa shape index (κ2) is 8.29. The molecule has 0 bridgehead atoms. The zero-order chi connectivity index (χ0) is 18.4. The van der Waals surface area contributed by atoms with Crippen molar-refractivity contribution < 1.29 is 28.6 Å². The maximum Gasteiger partial charge on any atom is 0.303 e. The van der Waals surface area contributed by atoms with Gasteiger partial charge in [-0.15, -0.1) is 0 Å². The lowest BCUT2D eigenvalue weighted by Crippen LogP contribution is -2.25. The van der Waals surface area contributed by atoms with Crippen LogP contribution in [0.3, 0.4) is 0 Å². The lowest BCUT2D eigenvalue weighted by atomic mass is 9.85. The largest absolute Gasteiger partial charge is 0.489 e. The van der Waals surface area contributed by atoms with Gasteiger partial charge in [0.2, 0.25) is 5.91 Å². The number of carboxylic acid groups (broad SMARTS) is 1. The van der Waals surface area contributed by atoms with E-state index in [1.54, 1.807) is 13.8 Å². The van der Waals surface area contributed by atoms with Gasteiger partial charge in [-0.3, -0.25) is 9.59 Å². The van der Waals surface area contributed by atoms with Crippen LogP contribution < -0.4 is 10.1 Å². The topological polar surface area (TPSA) is 84.9 Å². The maximum absolute atomic E-state index is 13.5. The van der Waals surface area contributed by atoms with Crippen LogP contribution in [-0.2, 0) is 14.3 Å². The van der Waals surface area contributed by atoms with Crippen molar-refractivity contribution >= 4 is 17.6 Å². The van der Waals surface area contributed by atoms with Crippen molar-refractivity contribution in [3.63, 3.8) is 0 Å². The minimum atomic E-state index is -0.968. The van der Waals surface area contributed by atoms with Gasteiger partial charge in [-0.2, -0.15) is 0 Å². The minimum Gasteiger partial charge on any atom is -0.489 e. The van der Waals surface area contributed by atoms with E-state index in [-0.39, 0.29) is 30.5 Å². The number of amides is 1. The second-order valence-corrected chi connectivity index (χ2v) is 7.05. The second-order valence-electron chi connectivity index (χ2n) is 7.05. The van der Waals surface area contributed by atoms with E-state index >= 15 is 0 Å². The monoisotopic (exact) mass is 353 g/mol. The van der Waals surface area contributed by atoms with E-state index in [2.05, 4.69) is 5.32 Å². The Balaban J connectivity index is 2.00. The van der Waals surface area contributed by atoms with E-state index in [0.29, 0.717) is 19.0 Å². The van der Waals surface area contributed by atoms with Crippen LogP contribution in [0.1, 0.15) is 39.5 Å². The molecule has 1 amide bonds. The molecule has 0 aliphatic carbocycles. The molecule has 7 heteroatoms. The molecule has 2 N–H and O–H groups in total. The molecule has 1 aliphatic heterocycles. The van der Waals surface area contributed by atoms with Crippen LogP contribution >= 0.6 is 0 Å². The molecular weight excluding hydrogens is 329 g/mol. The van der Waals surface area contributed by atoms with Crippen molar-refractivity contribution in [3.8, 4) is 5.75 Å². The number of rotatable bonds is 8. The summed E-state index contributed by atoms with van der Waals surface area (Å²) in [5.74, 6) is -1.49. The zero-order valence-corrected chi connectivity index (χ0v) is 14.5. The molecule has 1 aliphatic rings. The highest BCUT2D eigenvalue weighted by atomic mass is 19.1. The molecule has 1 atom stereocenters. The number of benzene rings is 1. The molecule has 0 saturated carbocycles. The number of nitrogens with one attached hydrogen (secondary N) is 1. The Morgan fingerprint density at radius 3 is 2.80 bits per heavy atom. The van der Waals surface area contributed by atoms with Gasteiger partial charge in [-0.1, -0.05) is 13.8 Å². The van der Waals surface area contributed by atoms with Crippen LogP contribution in [0.15, 0.2) is 18.2 Å². The Hall–Kier alpha value is -2.15. The first-order valence-electron chi connectivity index (χ1n) is 8.31. The summed E-state index contributed by atoms with van der Waals surface area (Å²) in [6.45, 7) is 4.43. The fraction of sp³-hybridized carbons (Fsp3) is 0.556. The van der Waals surface area contributed by atoms with E-state index in [0.717, 1.165) is 12.8 Å². The Bertz CT molecular complexity index is 626. The van der Waals surface area contributed by atoms with Crippen molar-refractivity contribution in [1.82, 2.24) is 0 Å². The predicted molar refractivity (Wildman–Crippen MR) is 90.1 cm³/mol. The third kappa shape index (κ3) is 6.34. The lowest BCUT2D eigenvalue weighted by molar-refractivity contribution is -0.139. The molecule has 2 rings (SSSR count). The third-order valence-electron chi connectivity index (χ3n) is 3.93. The average molecular weight is 353 g/mol. The van der Waals surface area contributed by atoms with Crippen LogP contribution in [0.2, 0.25) is 0 Å². The first-order chi connectivity index (χ1) is 11.7. The Morgan fingerprint density at radius 2 is 2.16 bits per heavy atom. The minimum absolute atomic E-state index is 0.000982. The summed E-state index contributed by atoms with van der Waals surface area (Å²) in [6.07, 6.45) is 1.77. The molecule has 1 aromatic rings. The highest BCUT2D eigenvalue weighted by Crippen LogP contribution is 2.29. The van der Waals surface area contributed by atoms with Crippen molar-refractivity contribution in [1.29, 1.82) is 0 Å². The van der Waals surface area contributed by atoms with Gasteiger partial charge in [0.05, 0.1) is 18.2 Å². The summed E-state index contributed by atoms with van der Waals surface area (Å²) in [5.41, 5.74) is -0.476. The molecule has 6 nitrogen and oxygen atoms in total. The van der Waals surface area contributed by atoms with Gasteiger partial charge in [0.25, 0.3) is 0 Å². The van der Waals surface area contributed by atoms with Crippen LogP contribution in [0.4, 0.5) is 10.1 Å². The highest BCUT2D eigenvalue weighted by molar-refractivity contribution is 5.92. The predicted octanol–water partition coefficient (Wildman–Crippen LogP) is 3.21. The first-order valence-corrected chi connectivity index (χ1v) is 8.31. The van der Waals surface area contributed by atoms with Crippen LogP contribution in [0, 0.1) is 11.2 Å². The quantitative estimate of drug-likeness (QED) is 0.750. The molecule has 0 spiro atoms. The number of aliphatic carboxylic acids is 1. The van der Waals surface area contributed by atoms with Gasteiger partial charge in [0.1, 0.15) is 18.2 Å². The number of halogens is 1. The smallest absolute Gasteiger partial charge is 0.303 e. The summed E-state index contributed by atoms with van der Waals surface area (Å²) in [7, 11) is 0. The molecule has 0 radical (unpaired) electrons. The summed E-state index contributed by atoms with van der Waals surface area (Å²) in [5, 5.41) is 11.5. The molecule has 1 heterocycles. The molecule has 138 valence electrons. The van der Waals surface area contributed by atoms with Gasteiger partial charge in [-0.25, -0.2) is 4.39 Å². The molecule has 25 heavy (non-hydrogen) atoms. The number of carbonyl (C=O) groups excluding carboxylic acids is 1. The highest BCUT2D eigenvalue weighted by Gasteiger charge is 2.26. The Labute approximate surface area is 146 Å². The zero-order valence-electron chi connectivity index (χ0n) is 14.5.